The number of halogens is 1. The van der Waals surface area contributed by atoms with Gasteiger partial charge in [0.2, 0.25) is 0 Å². The van der Waals surface area contributed by atoms with Crippen molar-refractivity contribution in [1.82, 2.24) is 19.9 Å². The van der Waals surface area contributed by atoms with Gasteiger partial charge >= 0.3 is 0 Å². The van der Waals surface area contributed by atoms with E-state index in [9.17, 15) is 9.18 Å². The van der Waals surface area contributed by atoms with Crippen LogP contribution in [0.4, 0.5) is 4.39 Å². The molecule has 0 aliphatic heterocycles. The molecule has 2 heterocycles. The highest BCUT2D eigenvalue weighted by molar-refractivity contribution is 5.99. The average molecular weight is 431 g/mol. The van der Waals surface area contributed by atoms with Gasteiger partial charge in [-0.25, -0.2) is 13.9 Å². The van der Waals surface area contributed by atoms with E-state index in [1.54, 1.807) is 22.8 Å². The number of benzene rings is 2. The summed E-state index contributed by atoms with van der Waals surface area (Å²) in [5.74, 6) is -0.557. The molecule has 0 radical (unpaired) electrons. The van der Waals surface area contributed by atoms with Gasteiger partial charge in [0, 0.05) is 24.4 Å². The number of rotatable bonds is 5. The molecule has 6 heteroatoms. The minimum Gasteiger partial charge on any atom is -0.348 e. The number of nitrogens with one attached hydrogen (secondary N) is 1. The van der Waals surface area contributed by atoms with Crippen molar-refractivity contribution in [2.75, 3.05) is 0 Å². The smallest absolute Gasteiger partial charge is 0.257 e. The zero-order chi connectivity index (χ0) is 23.0. The van der Waals surface area contributed by atoms with Crippen molar-refractivity contribution in [3.8, 4) is 0 Å². The van der Waals surface area contributed by atoms with E-state index >= 15 is 0 Å². The Morgan fingerprint density at radius 3 is 2.31 bits per heavy atom. The lowest BCUT2D eigenvalue weighted by molar-refractivity contribution is 0.0952. The van der Waals surface area contributed by atoms with Crippen molar-refractivity contribution in [3.63, 3.8) is 0 Å². The van der Waals surface area contributed by atoms with Gasteiger partial charge in [0.1, 0.15) is 11.4 Å². The first-order valence-electron chi connectivity index (χ1n) is 10.7. The highest BCUT2D eigenvalue weighted by atomic mass is 19.1. The Balaban J connectivity index is 1.63. The number of amides is 1. The third-order valence-electron chi connectivity index (χ3n) is 6.01. The Morgan fingerprint density at radius 1 is 1.00 bits per heavy atom. The van der Waals surface area contributed by atoms with Crippen LogP contribution in [0.5, 0.6) is 0 Å². The van der Waals surface area contributed by atoms with Gasteiger partial charge in [0.25, 0.3) is 5.91 Å². The fourth-order valence-corrected chi connectivity index (χ4v) is 4.27. The number of fused-ring (bicyclic) bond motifs is 1. The van der Waals surface area contributed by atoms with Crippen molar-refractivity contribution >= 4 is 11.6 Å². The molecule has 0 saturated heterocycles. The Morgan fingerprint density at radius 2 is 1.66 bits per heavy atom. The molecule has 0 atom stereocenters. The number of hydrogen-bond donors (Lipinski definition) is 1. The maximum Gasteiger partial charge on any atom is 0.257 e. The van der Waals surface area contributed by atoms with E-state index in [0.717, 1.165) is 28.9 Å². The van der Waals surface area contributed by atoms with Crippen LogP contribution in [-0.2, 0) is 13.0 Å². The monoisotopic (exact) mass is 430 g/mol. The van der Waals surface area contributed by atoms with Crippen molar-refractivity contribution < 1.29 is 9.18 Å². The normalized spacial score (nSPS) is 11.2. The van der Waals surface area contributed by atoms with E-state index in [4.69, 9.17) is 4.98 Å². The number of aryl methyl sites for hydroxylation is 5. The van der Waals surface area contributed by atoms with E-state index in [2.05, 4.69) is 43.3 Å². The van der Waals surface area contributed by atoms with E-state index in [0.29, 0.717) is 17.8 Å². The molecule has 4 aromatic rings. The second-order valence-electron chi connectivity index (χ2n) is 8.42. The highest BCUT2D eigenvalue weighted by Gasteiger charge is 2.19. The Bertz CT molecular complexity index is 1300. The summed E-state index contributed by atoms with van der Waals surface area (Å²) in [5.41, 5.74) is 9.86. The predicted molar refractivity (Wildman–Crippen MR) is 123 cm³/mol. The maximum absolute atomic E-state index is 13.1. The second kappa shape index (κ2) is 8.54. The van der Waals surface area contributed by atoms with Crippen LogP contribution in [0.2, 0.25) is 0 Å². The predicted octanol–water partition coefficient (Wildman–Crippen LogP) is 4.93. The first-order valence-corrected chi connectivity index (χ1v) is 10.7. The zero-order valence-electron chi connectivity index (χ0n) is 19.1. The zero-order valence-corrected chi connectivity index (χ0v) is 19.1. The number of carbonyl (C=O) groups excluding carboxylic acids is 1. The Hall–Kier alpha value is -3.54. The summed E-state index contributed by atoms with van der Waals surface area (Å²) in [6, 6.07) is 10.5. The first-order chi connectivity index (χ1) is 15.2. The number of carbonyl (C=O) groups is 1. The average Bonchev–Trinajstić information content (AvgIpc) is 3.16. The van der Waals surface area contributed by atoms with Crippen molar-refractivity contribution in [1.29, 1.82) is 0 Å². The molecule has 32 heavy (non-hydrogen) atoms. The largest absolute Gasteiger partial charge is 0.348 e. The first kappa shape index (κ1) is 21.7. The molecule has 0 aliphatic rings. The van der Waals surface area contributed by atoms with Crippen LogP contribution in [0.1, 0.15) is 55.1 Å². The van der Waals surface area contributed by atoms with E-state index < -0.39 is 0 Å². The van der Waals surface area contributed by atoms with Gasteiger partial charge in [0.15, 0.2) is 5.65 Å². The summed E-state index contributed by atoms with van der Waals surface area (Å²) < 4.78 is 14.8. The van der Waals surface area contributed by atoms with Crippen LogP contribution >= 0.6 is 0 Å². The van der Waals surface area contributed by atoms with Crippen LogP contribution in [0.15, 0.2) is 42.6 Å². The molecule has 1 amide bonds. The van der Waals surface area contributed by atoms with Crippen molar-refractivity contribution in [2.45, 2.75) is 47.6 Å². The summed E-state index contributed by atoms with van der Waals surface area (Å²) in [4.78, 5) is 17.5. The minimum absolute atomic E-state index is 0.256. The SMILES string of the molecule is Cc1cc(C)c(Cc2c(C)nc3c(C(=O)NCc4ccc(F)cc4)cnn3c2C)c(C)c1. The topological polar surface area (TPSA) is 59.3 Å². The van der Waals surface area contributed by atoms with Crippen molar-refractivity contribution in [3.05, 3.63) is 98.7 Å². The van der Waals surface area contributed by atoms with Crippen LogP contribution < -0.4 is 5.32 Å². The number of aromatic nitrogens is 3. The molecule has 164 valence electrons. The molecular formula is C26H27FN4O. The summed E-state index contributed by atoms with van der Waals surface area (Å²) in [7, 11) is 0. The van der Waals surface area contributed by atoms with E-state index in [1.165, 1.54) is 34.4 Å². The molecule has 0 spiro atoms. The maximum atomic E-state index is 13.1. The highest BCUT2D eigenvalue weighted by Crippen LogP contribution is 2.24. The number of nitrogens with zero attached hydrogens (tertiary/aromatic N) is 3. The lowest BCUT2D eigenvalue weighted by Gasteiger charge is -2.15. The van der Waals surface area contributed by atoms with Gasteiger partial charge in [-0.05, 0) is 74.6 Å². The van der Waals surface area contributed by atoms with Crippen LogP contribution in [0.3, 0.4) is 0 Å². The van der Waals surface area contributed by atoms with E-state index in [1.807, 2.05) is 13.8 Å². The molecule has 1 N–H and O–H groups in total. The quantitative estimate of drug-likeness (QED) is 0.488. The van der Waals surface area contributed by atoms with Crippen LogP contribution in [0.25, 0.3) is 5.65 Å². The summed E-state index contributed by atoms with van der Waals surface area (Å²) in [6.07, 6.45) is 2.32. The van der Waals surface area contributed by atoms with Crippen LogP contribution in [-0.4, -0.2) is 20.5 Å². The fourth-order valence-electron chi connectivity index (χ4n) is 4.27. The summed E-state index contributed by atoms with van der Waals surface area (Å²) >= 11 is 0. The van der Waals surface area contributed by atoms with Gasteiger partial charge in [0.05, 0.1) is 6.20 Å². The fraction of sp³-hybridized carbons (Fsp3) is 0.269. The standard InChI is InChI=1S/C26H27FN4O/c1-15-10-16(2)22(17(3)11-15)12-23-18(4)30-25-24(14-29-31(25)19(23)5)26(32)28-13-20-6-8-21(27)9-7-20/h6-11,14H,12-13H2,1-5H3,(H,28,32). The lowest BCUT2D eigenvalue weighted by atomic mass is 9.93. The molecule has 0 unspecified atom stereocenters. The molecular weight excluding hydrogens is 403 g/mol. The van der Waals surface area contributed by atoms with Gasteiger partial charge in [-0.3, -0.25) is 4.79 Å². The molecule has 2 aromatic heterocycles. The lowest BCUT2D eigenvalue weighted by Crippen LogP contribution is -2.23. The third-order valence-corrected chi connectivity index (χ3v) is 6.01. The Labute approximate surface area is 187 Å². The molecule has 0 saturated carbocycles. The summed E-state index contributed by atoms with van der Waals surface area (Å²) in [6.45, 7) is 10.7. The van der Waals surface area contributed by atoms with Gasteiger partial charge in [-0.1, -0.05) is 29.8 Å². The van der Waals surface area contributed by atoms with Crippen molar-refractivity contribution in [2.24, 2.45) is 0 Å². The Kier molecular flexibility index (Phi) is 5.78. The van der Waals surface area contributed by atoms with Gasteiger partial charge < -0.3 is 5.32 Å². The molecule has 4 rings (SSSR count). The van der Waals surface area contributed by atoms with Gasteiger partial charge in [-0.2, -0.15) is 5.10 Å². The molecule has 0 fully saturated rings. The second-order valence-corrected chi connectivity index (χ2v) is 8.42. The minimum atomic E-state index is -0.301. The van der Waals surface area contributed by atoms with E-state index in [-0.39, 0.29) is 11.7 Å². The molecule has 0 aliphatic carbocycles. The molecule has 2 aromatic carbocycles. The number of hydrogen-bond acceptors (Lipinski definition) is 3. The van der Waals surface area contributed by atoms with Gasteiger partial charge in [-0.15, -0.1) is 0 Å². The molecule has 0 bridgehead atoms. The summed E-state index contributed by atoms with van der Waals surface area (Å²) in [5, 5.41) is 7.32. The molecule has 5 nitrogen and oxygen atoms in total. The third kappa shape index (κ3) is 4.13. The van der Waals surface area contributed by atoms with Crippen LogP contribution in [0, 0.1) is 40.4 Å².